The molecule has 0 aliphatic carbocycles. The second-order valence-corrected chi connectivity index (χ2v) is 8.37. The Labute approximate surface area is 214 Å². The summed E-state index contributed by atoms with van der Waals surface area (Å²) in [4.78, 5) is 58.5. The summed E-state index contributed by atoms with van der Waals surface area (Å²) in [7, 11) is 0. The summed E-state index contributed by atoms with van der Waals surface area (Å²) in [5.41, 5.74) is 7.07. The van der Waals surface area contributed by atoms with E-state index in [1.807, 2.05) is 54.6 Å². The molecule has 0 aliphatic rings. The number of amides is 3. The maximum atomic E-state index is 12.6. The molecule has 37 heavy (non-hydrogen) atoms. The van der Waals surface area contributed by atoms with Crippen molar-refractivity contribution in [3.8, 4) is 5.75 Å². The lowest BCUT2D eigenvalue weighted by atomic mass is 10.1. The van der Waals surface area contributed by atoms with Gasteiger partial charge >= 0.3 is 11.9 Å². The zero-order valence-electron chi connectivity index (χ0n) is 20.2. The second-order valence-electron chi connectivity index (χ2n) is 8.37. The molecule has 11 heteroatoms. The van der Waals surface area contributed by atoms with Gasteiger partial charge in [0.1, 0.15) is 24.4 Å². The number of carbonyl (C=O) groups is 5. The number of hydrogen-bond acceptors (Lipinski definition) is 6. The number of hydrogen-bond donors (Lipinski definition) is 5. The highest BCUT2D eigenvalue weighted by molar-refractivity contribution is 5.92. The van der Waals surface area contributed by atoms with Gasteiger partial charge in [0.25, 0.3) is 0 Å². The number of nitrogens with one attached hydrogen (secondary N) is 2. The lowest BCUT2D eigenvalue weighted by Crippen LogP contribution is -2.53. The van der Waals surface area contributed by atoms with Crippen LogP contribution < -0.4 is 21.1 Å². The topological polar surface area (TPSA) is 185 Å². The Hall–Kier alpha value is -4.41. The number of rotatable bonds is 16. The van der Waals surface area contributed by atoms with Crippen LogP contribution in [0.15, 0.2) is 54.6 Å². The van der Waals surface area contributed by atoms with Gasteiger partial charge in [-0.2, -0.15) is 0 Å². The third-order valence-corrected chi connectivity index (χ3v) is 5.42. The quantitative estimate of drug-likeness (QED) is 0.223. The first kappa shape index (κ1) is 28.8. The van der Waals surface area contributed by atoms with Crippen molar-refractivity contribution in [2.45, 2.75) is 57.2 Å². The summed E-state index contributed by atoms with van der Waals surface area (Å²) >= 11 is 0. The molecule has 3 amide bonds. The first-order chi connectivity index (χ1) is 17.6. The molecule has 2 atom stereocenters. The molecule has 2 aromatic carbocycles. The van der Waals surface area contributed by atoms with E-state index < -0.39 is 54.6 Å². The van der Waals surface area contributed by atoms with Crippen molar-refractivity contribution in [1.29, 1.82) is 0 Å². The Bertz CT molecular complexity index is 1070. The molecule has 11 nitrogen and oxygen atoms in total. The Kier molecular flexibility index (Phi) is 11.6. The zero-order valence-corrected chi connectivity index (χ0v) is 20.2. The Morgan fingerprint density at radius 1 is 0.757 bits per heavy atom. The predicted octanol–water partition coefficient (Wildman–Crippen LogP) is 1.38. The summed E-state index contributed by atoms with van der Waals surface area (Å²) in [6.07, 6.45) is -0.843. The van der Waals surface area contributed by atoms with Crippen LogP contribution in [0.1, 0.15) is 43.2 Å². The van der Waals surface area contributed by atoms with Crippen LogP contribution in [0.3, 0.4) is 0 Å². The first-order valence-electron chi connectivity index (χ1n) is 11.7. The number of aryl methyl sites for hydroxylation is 1. The summed E-state index contributed by atoms with van der Waals surface area (Å²) in [6.45, 7) is 0.393. The maximum Gasteiger partial charge on any atom is 0.303 e. The molecule has 2 aromatic rings. The number of benzene rings is 2. The van der Waals surface area contributed by atoms with Crippen molar-refractivity contribution >= 4 is 29.7 Å². The van der Waals surface area contributed by atoms with E-state index in [0.29, 0.717) is 13.0 Å². The zero-order chi connectivity index (χ0) is 27.2. The summed E-state index contributed by atoms with van der Waals surface area (Å²) in [5, 5.41) is 22.6. The van der Waals surface area contributed by atoms with Gasteiger partial charge in [0.2, 0.25) is 17.7 Å². The molecule has 0 spiro atoms. The molecular weight excluding hydrogens is 482 g/mol. The van der Waals surface area contributed by atoms with Gasteiger partial charge in [-0.15, -0.1) is 0 Å². The van der Waals surface area contributed by atoms with Crippen LogP contribution in [-0.2, 0) is 37.0 Å². The molecule has 0 fully saturated rings. The molecule has 6 N–H and O–H groups in total. The van der Waals surface area contributed by atoms with Crippen molar-refractivity contribution < 1.29 is 38.9 Å². The van der Waals surface area contributed by atoms with Crippen molar-refractivity contribution in [3.63, 3.8) is 0 Å². The van der Waals surface area contributed by atoms with Gasteiger partial charge in [0, 0.05) is 19.3 Å². The van der Waals surface area contributed by atoms with Crippen molar-refractivity contribution in [2.24, 2.45) is 5.73 Å². The average Bonchev–Trinajstić information content (AvgIpc) is 2.87. The van der Waals surface area contributed by atoms with E-state index in [1.165, 1.54) is 0 Å². The van der Waals surface area contributed by atoms with Gasteiger partial charge < -0.3 is 31.3 Å². The van der Waals surface area contributed by atoms with Gasteiger partial charge in [0.15, 0.2) is 0 Å². The number of carboxylic acid groups (broad SMARTS) is 2. The molecule has 198 valence electrons. The Morgan fingerprint density at radius 3 is 1.89 bits per heavy atom. The minimum Gasteiger partial charge on any atom is -0.489 e. The molecule has 0 radical (unpaired) electrons. The molecular formula is C26H31N3O8. The van der Waals surface area contributed by atoms with E-state index in [4.69, 9.17) is 20.7 Å². The highest BCUT2D eigenvalue weighted by atomic mass is 16.5. The van der Waals surface area contributed by atoms with E-state index in [-0.39, 0.29) is 19.3 Å². The molecule has 0 aromatic heterocycles. The minimum absolute atomic E-state index is 0.0367. The van der Waals surface area contributed by atoms with E-state index in [0.717, 1.165) is 16.9 Å². The Morgan fingerprint density at radius 2 is 1.32 bits per heavy atom. The summed E-state index contributed by atoms with van der Waals surface area (Å²) in [5.74, 6) is -3.81. The van der Waals surface area contributed by atoms with Gasteiger partial charge in [0.05, 0.1) is 0 Å². The van der Waals surface area contributed by atoms with E-state index in [1.54, 1.807) is 0 Å². The second kappa shape index (κ2) is 14.9. The highest BCUT2D eigenvalue weighted by Gasteiger charge is 2.26. The van der Waals surface area contributed by atoms with Crippen LogP contribution in [0, 0.1) is 0 Å². The van der Waals surface area contributed by atoms with Crippen LogP contribution in [0.5, 0.6) is 5.75 Å². The van der Waals surface area contributed by atoms with Crippen LogP contribution in [0.25, 0.3) is 0 Å². The lowest BCUT2D eigenvalue weighted by molar-refractivity contribution is -0.139. The van der Waals surface area contributed by atoms with Gasteiger partial charge in [-0.05, 0) is 42.5 Å². The molecule has 0 bridgehead atoms. The van der Waals surface area contributed by atoms with E-state index in [9.17, 15) is 24.0 Å². The fourth-order valence-corrected chi connectivity index (χ4v) is 3.37. The fourth-order valence-electron chi connectivity index (χ4n) is 3.37. The van der Waals surface area contributed by atoms with Gasteiger partial charge in [-0.1, -0.05) is 42.5 Å². The molecule has 0 aliphatic heterocycles. The number of carboxylic acids is 2. The number of ether oxygens (including phenoxy) is 1. The Balaban J connectivity index is 1.90. The third kappa shape index (κ3) is 11.2. The van der Waals surface area contributed by atoms with Crippen molar-refractivity contribution in [2.75, 3.05) is 0 Å². The maximum absolute atomic E-state index is 12.6. The lowest BCUT2D eigenvalue weighted by Gasteiger charge is -2.21. The number of primary amides is 1. The summed E-state index contributed by atoms with van der Waals surface area (Å²) < 4.78 is 5.70. The van der Waals surface area contributed by atoms with E-state index in [2.05, 4.69) is 10.6 Å². The molecule has 0 heterocycles. The van der Waals surface area contributed by atoms with Gasteiger partial charge in [-0.3, -0.25) is 24.0 Å². The van der Waals surface area contributed by atoms with Crippen LogP contribution in [0.2, 0.25) is 0 Å². The number of aliphatic carboxylic acids is 2. The highest BCUT2D eigenvalue weighted by Crippen LogP contribution is 2.13. The normalized spacial score (nSPS) is 12.1. The number of nitrogens with two attached hydrogens (primary N) is 1. The van der Waals surface area contributed by atoms with Crippen LogP contribution >= 0.6 is 0 Å². The SMILES string of the molecule is NC(=O)C(CCC(=O)O)NC(=O)C(CCC(=O)O)NC(=O)CCc1ccc(COc2ccccc2)cc1. The predicted molar refractivity (Wildman–Crippen MR) is 132 cm³/mol. The van der Waals surface area contributed by atoms with E-state index >= 15 is 0 Å². The van der Waals surface area contributed by atoms with Crippen molar-refractivity contribution in [3.05, 3.63) is 65.7 Å². The molecule has 2 rings (SSSR count). The standard InChI is InChI=1S/C26H31N3O8/c27-25(35)20(11-14-23(31)32)29-26(36)21(12-15-24(33)34)28-22(30)13-10-17-6-8-18(9-7-17)16-37-19-4-2-1-3-5-19/h1-9,20-21H,10-16H2,(H2,27,35)(H,28,30)(H,29,36)(H,31,32)(H,33,34). The molecule has 0 saturated carbocycles. The fraction of sp³-hybridized carbons (Fsp3) is 0.346. The van der Waals surface area contributed by atoms with Gasteiger partial charge in [-0.25, -0.2) is 0 Å². The summed E-state index contributed by atoms with van der Waals surface area (Å²) in [6, 6.07) is 14.4. The molecule has 0 saturated heterocycles. The number of para-hydroxylation sites is 1. The average molecular weight is 514 g/mol. The largest absolute Gasteiger partial charge is 0.489 e. The third-order valence-electron chi connectivity index (χ3n) is 5.42. The molecule has 2 unspecified atom stereocenters. The monoisotopic (exact) mass is 513 g/mol. The smallest absolute Gasteiger partial charge is 0.303 e. The minimum atomic E-state index is -1.27. The number of carbonyl (C=O) groups excluding carboxylic acids is 3. The first-order valence-corrected chi connectivity index (χ1v) is 11.7. The van der Waals surface area contributed by atoms with Crippen LogP contribution in [0.4, 0.5) is 0 Å². The van der Waals surface area contributed by atoms with Crippen molar-refractivity contribution in [1.82, 2.24) is 10.6 Å². The van der Waals surface area contributed by atoms with Crippen LogP contribution in [-0.4, -0.2) is 52.0 Å².